The second kappa shape index (κ2) is 7.95. The summed E-state index contributed by atoms with van der Waals surface area (Å²) in [5.41, 5.74) is 0. The molecule has 0 rings (SSSR count). The van der Waals surface area contributed by atoms with Crippen LogP contribution in [0.25, 0.3) is 0 Å². The van der Waals surface area contributed by atoms with Gasteiger partial charge in [0.1, 0.15) is 16.5 Å². The second-order valence-electron chi connectivity index (χ2n) is 9.22. The smallest absolute Gasteiger partial charge is 0.124 e. The third-order valence-electron chi connectivity index (χ3n) is 5.68. The summed E-state index contributed by atoms with van der Waals surface area (Å²) in [7, 11) is -3.00. The van der Waals surface area contributed by atoms with Crippen molar-refractivity contribution in [2.75, 3.05) is 0 Å². The Morgan fingerprint density at radius 2 is 0.636 bits per heavy atom. The van der Waals surface area contributed by atoms with Gasteiger partial charge in [0, 0.05) is 0 Å². The summed E-state index contributed by atoms with van der Waals surface area (Å²) in [4.78, 5) is 0. The fourth-order valence-electron chi connectivity index (χ4n) is 5.17. The van der Waals surface area contributed by atoms with Crippen molar-refractivity contribution in [3.05, 3.63) is 0 Å². The molecule has 0 unspecified atom stereocenters. The lowest BCUT2D eigenvalue weighted by atomic mass is 10.3. The van der Waals surface area contributed by atoms with Crippen LogP contribution in [0.15, 0.2) is 0 Å². The maximum Gasteiger partial charge on any atom is 0.124 e. The van der Waals surface area contributed by atoms with Gasteiger partial charge in [-0.2, -0.15) is 0 Å². The number of hydrogen-bond acceptors (Lipinski definition) is 2. The Morgan fingerprint density at radius 1 is 0.455 bits per heavy atom. The monoisotopic (exact) mass is 344 g/mol. The molecular weight excluding hydrogens is 300 g/mol. The van der Waals surface area contributed by atoms with Crippen LogP contribution in [0.4, 0.5) is 0 Å². The van der Waals surface area contributed by atoms with Crippen molar-refractivity contribution in [1.29, 1.82) is 0 Å². The minimum absolute atomic E-state index is 0.639. The summed E-state index contributed by atoms with van der Waals surface area (Å²) >= 11 is 0. The van der Waals surface area contributed by atoms with Crippen molar-refractivity contribution in [2.45, 2.75) is 118 Å². The third kappa shape index (κ3) is 4.68. The summed E-state index contributed by atoms with van der Waals surface area (Å²) in [6.07, 6.45) is 0. The Bertz CT molecular complexity index is 288. The van der Waals surface area contributed by atoms with Crippen LogP contribution in [0.2, 0.25) is 31.4 Å². The summed E-state index contributed by atoms with van der Waals surface area (Å²) < 4.78 is 5.70. The molecule has 0 N–H and O–H groups in total. The maximum absolute atomic E-state index is 2.85. The van der Waals surface area contributed by atoms with E-state index in [4.69, 9.17) is 0 Å². The zero-order chi connectivity index (χ0) is 18.0. The van der Waals surface area contributed by atoms with E-state index in [1.54, 1.807) is 0 Å². The lowest BCUT2D eigenvalue weighted by Gasteiger charge is -2.55. The first-order valence-corrected chi connectivity index (χ1v) is 15.3. The molecule has 0 aliphatic heterocycles. The highest BCUT2D eigenvalue weighted by molar-refractivity contribution is 6.95. The van der Waals surface area contributed by atoms with E-state index in [0.29, 0.717) is 24.2 Å². The first-order chi connectivity index (χ1) is 9.68. The molecule has 0 aliphatic carbocycles. The molecule has 0 saturated carbocycles. The maximum atomic E-state index is 2.85. The van der Waals surface area contributed by atoms with Gasteiger partial charge in [0.15, 0.2) is 0 Å². The predicted octanol–water partition coefficient (Wildman–Crippen LogP) is 5.56. The molecule has 0 aromatic heterocycles. The van der Waals surface area contributed by atoms with Gasteiger partial charge in [0.05, 0.1) is 0 Å². The number of rotatable bonds is 8. The Hall–Kier alpha value is 0.354. The van der Waals surface area contributed by atoms with E-state index in [1.165, 1.54) is 0 Å². The molecule has 0 aromatic carbocycles. The van der Waals surface area contributed by atoms with Gasteiger partial charge in [-0.25, -0.2) is 0 Å². The normalized spacial score (nSPS) is 14.7. The van der Waals surface area contributed by atoms with Gasteiger partial charge in [-0.05, 0) is 29.3 Å². The first kappa shape index (κ1) is 22.4. The summed E-state index contributed by atoms with van der Waals surface area (Å²) in [6, 6.07) is 2.56. The van der Waals surface area contributed by atoms with Crippen molar-refractivity contribution in [1.82, 2.24) is 9.13 Å². The van der Waals surface area contributed by atoms with E-state index in [2.05, 4.69) is 97.6 Å². The van der Waals surface area contributed by atoms with E-state index in [0.717, 1.165) is 5.16 Å². The van der Waals surface area contributed by atoms with Crippen molar-refractivity contribution in [2.24, 2.45) is 0 Å². The fraction of sp³-hybridized carbons (Fsp3) is 1.00. The lowest BCUT2D eigenvalue weighted by Crippen LogP contribution is -2.68. The molecule has 0 aliphatic rings. The predicted molar refractivity (Wildman–Crippen MR) is 109 cm³/mol. The zero-order valence-corrected chi connectivity index (χ0v) is 19.8. The molecular formula is C18H44N2Si2. The van der Waals surface area contributed by atoms with Crippen LogP contribution in [0.1, 0.15) is 62.3 Å². The molecule has 0 aromatic rings. The van der Waals surface area contributed by atoms with Gasteiger partial charge in [-0.3, -0.25) is 0 Å². The molecule has 0 radical (unpaired) electrons. The Morgan fingerprint density at radius 3 is 0.773 bits per heavy atom. The van der Waals surface area contributed by atoms with Crippen LogP contribution in [-0.4, -0.2) is 49.8 Å². The summed E-state index contributed by atoms with van der Waals surface area (Å²) in [5.74, 6) is 0. The molecule has 134 valence electrons. The topological polar surface area (TPSA) is 6.48 Å². The standard InChI is InChI=1S/C18H44N2Si2/c1-14(2)19(15(3)4)21(10,11)18(9)22(12,13)20(16(5)6)17(7)8/h14-18H,1-13H3. The molecule has 0 bridgehead atoms. The highest BCUT2D eigenvalue weighted by Gasteiger charge is 2.49. The Kier molecular flexibility index (Phi) is 8.08. The fourth-order valence-corrected chi connectivity index (χ4v) is 19.2. The number of nitrogens with zero attached hydrogens (tertiary/aromatic N) is 2. The van der Waals surface area contributed by atoms with Crippen LogP contribution in [-0.2, 0) is 0 Å². The summed E-state index contributed by atoms with van der Waals surface area (Å²) in [5, 5.41) is 0.828. The molecule has 0 saturated heterocycles. The average molecular weight is 345 g/mol. The van der Waals surface area contributed by atoms with Crippen molar-refractivity contribution in [3.8, 4) is 0 Å². The molecule has 0 amide bonds. The highest BCUT2D eigenvalue weighted by Crippen LogP contribution is 2.39. The van der Waals surface area contributed by atoms with Crippen LogP contribution in [0.5, 0.6) is 0 Å². The van der Waals surface area contributed by atoms with Crippen LogP contribution in [0.3, 0.4) is 0 Å². The molecule has 2 nitrogen and oxygen atoms in total. The third-order valence-corrected chi connectivity index (χ3v) is 18.9. The molecule has 0 heterocycles. The van der Waals surface area contributed by atoms with Crippen LogP contribution >= 0.6 is 0 Å². The molecule has 0 atom stereocenters. The van der Waals surface area contributed by atoms with Gasteiger partial charge < -0.3 is 9.13 Å². The molecule has 22 heavy (non-hydrogen) atoms. The van der Waals surface area contributed by atoms with E-state index in [9.17, 15) is 0 Å². The van der Waals surface area contributed by atoms with Gasteiger partial charge in [-0.15, -0.1) is 0 Å². The molecule has 4 heteroatoms. The van der Waals surface area contributed by atoms with Gasteiger partial charge in [-0.1, -0.05) is 88.5 Å². The van der Waals surface area contributed by atoms with Gasteiger partial charge in [0.25, 0.3) is 0 Å². The van der Waals surface area contributed by atoms with Crippen LogP contribution in [0, 0.1) is 0 Å². The van der Waals surface area contributed by atoms with Gasteiger partial charge in [0.2, 0.25) is 0 Å². The Labute approximate surface area is 143 Å². The summed E-state index contributed by atoms with van der Waals surface area (Å²) in [6.45, 7) is 32.0. The highest BCUT2D eigenvalue weighted by atomic mass is 28.4. The molecule has 0 spiro atoms. The van der Waals surface area contributed by atoms with E-state index in [1.807, 2.05) is 0 Å². The van der Waals surface area contributed by atoms with Gasteiger partial charge >= 0.3 is 0 Å². The quantitative estimate of drug-likeness (QED) is 0.532. The van der Waals surface area contributed by atoms with Crippen molar-refractivity contribution < 1.29 is 0 Å². The average Bonchev–Trinajstić information content (AvgIpc) is 2.23. The Balaban J connectivity index is 5.73. The molecule has 0 fully saturated rings. The second-order valence-corrected chi connectivity index (χ2v) is 19.2. The van der Waals surface area contributed by atoms with E-state index in [-0.39, 0.29) is 0 Å². The van der Waals surface area contributed by atoms with E-state index < -0.39 is 16.5 Å². The first-order valence-electron chi connectivity index (χ1n) is 9.25. The van der Waals surface area contributed by atoms with E-state index >= 15 is 0 Å². The van der Waals surface area contributed by atoms with Crippen LogP contribution < -0.4 is 0 Å². The number of hydrogen-bond donors (Lipinski definition) is 0. The minimum Gasteiger partial charge on any atom is -0.319 e. The SMILES string of the molecule is CC(C)N(C(C)C)[Si](C)(C)C(C)[Si](C)(C)N(C(C)C)C(C)C. The van der Waals surface area contributed by atoms with Crippen molar-refractivity contribution >= 4 is 16.5 Å². The zero-order valence-electron chi connectivity index (χ0n) is 17.8. The lowest BCUT2D eigenvalue weighted by molar-refractivity contribution is 0.279. The van der Waals surface area contributed by atoms with Crippen molar-refractivity contribution in [3.63, 3.8) is 0 Å². The largest absolute Gasteiger partial charge is 0.319 e. The minimum atomic E-state index is -1.50.